The molecule has 29 heavy (non-hydrogen) atoms. The van der Waals surface area contributed by atoms with Crippen LogP contribution in [0.5, 0.6) is 0 Å². The first-order chi connectivity index (χ1) is 13.6. The third-order valence-electron chi connectivity index (χ3n) is 3.39. The molecule has 1 aliphatic rings. The van der Waals surface area contributed by atoms with Gasteiger partial charge in [-0.2, -0.15) is 0 Å². The molecule has 0 bridgehead atoms. The van der Waals surface area contributed by atoms with Crippen molar-refractivity contribution in [3.8, 4) is 0 Å². The fourth-order valence-corrected chi connectivity index (χ4v) is 4.07. The Bertz CT molecular complexity index is 675. The average Bonchev–Trinajstić information content (AvgIpc) is 2.53. The number of phosphoric ester groups is 3. The molecular formula is C11H25O15P3. The van der Waals surface area contributed by atoms with E-state index in [1.54, 1.807) is 6.92 Å². The molecule has 1 fully saturated rings. The number of phosphoric acid groups is 3. The lowest BCUT2D eigenvalue weighted by Gasteiger charge is -2.44. The van der Waals surface area contributed by atoms with Crippen molar-refractivity contribution >= 4 is 23.5 Å². The summed E-state index contributed by atoms with van der Waals surface area (Å²) in [5, 5.41) is 0. The summed E-state index contributed by atoms with van der Waals surface area (Å²) in [6.07, 6.45) is -8.72. The van der Waals surface area contributed by atoms with E-state index in [-0.39, 0.29) is 6.42 Å². The second kappa shape index (κ2) is 11.2. The lowest BCUT2D eigenvalue weighted by atomic mass is 9.99. The Hall–Kier alpha value is 0.210. The van der Waals surface area contributed by atoms with Crippen molar-refractivity contribution in [2.75, 3.05) is 20.3 Å². The fourth-order valence-electron chi connectivity index (χ4n) is 2.40. The number of rotatable bonds is 12. The highest BCUT2D eigenvalue weighted by Crippen LogP contribution is 2.50. The minimum atomic E-state index is -5.41. The minimum absolute atomic E-state index is 0.288. The lowest BCUT2D eigenvalue weighted by molar-refractivity contribution is -0.287. The van der Waals surface area contributed by atoms with E-state index in [0.29, 0.717) is 6.42 Å². The molecule has 0 aromatic carbocycles. The summed E-state index contributed by atoms with van der Waals surface area (Å²) in [4.78, 5) is 54.9. The van der Waals surface area contributed by atoms with E-state index in [9.17, 15) is 33.3 Å². The summed E-state index contributed by atoms with van der Waals surface area (Å²) in [6, 6.07) is 0. The van der Waals surface area contributed by atoms with Gasteiger partial charge in [0.15, 0.2) is 6.29 Å². The topological polar surface area (TPSA) is 228 Å². The van der Waals surface area contributed by atoms with Crippen LogP contribution >= 0.6 is 23.5 Å². The zero-order valence-electron chi connectivity index (χ0n) is 16.3. The Morgan fingerprint density at radius 1 is 0.897 bits per heavy atom. The summed E-state index contributed by atoms with van der Waals surface area (Å²) in [7, 11) is -15.1. The van der Waals surface area contributed by atoms with E-state index in [0.717, 1.165) is 7.11 Å². The summed E-state index contributed by atoms with van der Waals surface area (Å²) in [5.74, 6) is 0. The van der Waals surface area contributed by atoms with Crippen molar-refractivity contribution in [2.45, 2.75) is 50.5 Å². The molecule has 15 nitrogen and oxygen atoms in total. The number of methoxy groups -OCH3 is 1. The third kappa shape index (κ3) is 10.4. The highest BCUT2D eigenvalue weighted by atomic mass is 31.2. The molecule has 18 heteroatoms. The normalized spacial score (nSPS) is 30.8. The van der Waals surface area contributed by atoms with Gasteiger partial charge in [0.1, 0.15) is 24.4 Å². The third-order valence-corrected chi connectivity index (χ3v) is 4.94. The summed E-state index contributed by atoms with van der Waals surface area (Å²) >= 11 is 0. The van der Waals surface area contributed by atoms with Crippen LogP contribution in [-0.2, 0) is 41.5 Å². The van der Waals surface area contributed by atoms with Gasteiger partial charge in [-0.15, -0.1) is 0 Å². The van der Waals surface area contributed by atoms with Crippen LogP contribution in [0.2, 0.25) is 0 Å². The smallest absolute Gasteiger partial charge is 0.379 e. The average molecular weight is 491 g/mol. The zero-order valence-corrected chi connectivity index (χ0v) is 18.0. The van der Waals surface area contributed by atoms with Crippen molar-refractivity contribution in [1.82, 2.24) is 0 Å². The second-order valence-electron chi connectivity index (χ2n) is 5.75. The number of hydrogen-bond acceptors (Lipinski definition) is 9. The molecule has 1 rings (SSSR count). The van der Waals surface area contributed by atoms with Gasteiger partial charge < -0.3 is 43.6 Å². The molecule has 0 aliphatic carbocycles. The maximum Gasteiger partial charge on any atom is 0.470 e. The molecule has 0 radical (unpaired) electrons. The monoisotopic (exact) mass is 491 g/mol. The van der Waals surface area contributed by atoms with Gasteiger partial charge in [0.25, 0.3) is 0 Å². The first-order valence-corrected chi connectivity index (χ1v) is 12.6. The Morgan fingerprint density at radius 2 is 1.38 bits per heavy atom. The molecule has 0 aromatic rings. The van der Waals surface area contributed by atoms with Crippen LogP contribution in [0.1, 0.15) is 21.1 Å². The van der Waals surface area contributed by atoms with E-state index in [2.05, 4.69) is 13.6 Å². The van der Waals surface area contributed by atoms with Crippen LogP contribution < -0.4 is 0 Å². The molecule has 0 saturated carbocycles. The predicted octanol–water partition coefficient (Wildman–Crippen LogP) is -0.392. The largest absolute Gasteiger partial charge is 0.470 e. The van der Waals surface area contributed by atoms with E-state index < -0.39 is 67.4 Å². The van der Waals surface area contributed by atoms with Crippen LogP contribution in [0.4, 0.5) is 0 Å². The fraction of sp³-hybridized carbons (Fsp3) is 1.00. The van der Waals surface area contributed by atoms with E-state index in [1.807, 2.05) is 0 Å². The molecule has 1 aliphatic heterocycles. The first-order valence-electron chi connectivity index (χ1n) is 8.58. The summed E-state index contributed by atoms with van der Waals surface area (Å²) in [5.41, 5.74) is 0. The Kier molecular flexibility index (Phi) is 9.82. The predicted molar refractivity (Wildman–Crippen MR) is 92.1 cm³/mol. The molecule has 1 heterocycles. The highest BCUT2D eigenvalue weighted by molar-refractivity contribution is 7.47. The molecular weight excluding hydrogens is 465 g/mol. The second-order valence-corrected chi connectivity index (χ2v) is 9.33. The molecule has 6 N–H and O–H groups in total. The van der Waals surface area contributed by atoms with Gasteiger partial charge in [-0.1, -0.05) is 13.3 Å². The van der Waals surface area contributed by atoms with Crippen LogP contribution in [0.25, 0.3) is 0 Å². The molecule has 0 aromatic heterocycles. The van der Waals surface area contributed by atoms with Crippen molar-refractivity contribution in [1.29, 1.82) is 0 Å². The standard InChI is InChI=1S/C11H25O15P3/c1-3-4-5-22-6-7-8(24-27(12,13)14)9(25-28(15,16)17)10(11(21-2)23-7)26-29(18,19)20/h7-11H,3-6H2,1-2H3,(H2,12,13,14)(H2,15,16,17)(H2,18,19,20)/t7-,8-,9+,10+,11?/m1/s1/i5D/t5?,7-,8-,9+,10+,11?. The van der Waals surface area contributed by atoms with E-state index in [1.165, 1.54) is 0 Å². The summed E-state index contributed by atoms with van der Waals surface area (Å²) in [6.45, 7) is 0.138. The lowest BCUT2D eigenvalue weighted by Crippen LogP contribution is -2.61. The maximum absolute atomic E-state index is 11.4. The van der Waals surface area contributed by atoms with Gasteiger partial charge >= 0.3 is 23.5 Å². The molecule has 1 saturated heterocycles. The van der Waals surface area contributed by atoms with E-state index >= 15 is 0 Å². The van der Waals surface area contributed by atoms with E-state index in [4.69, 9.17) is 25.4 Å². The van der Waals surface area contributed by atoms with Gasteiger partial charge in [-0.05, 0) is 6.42 Å². The number of hydrogen-bond donors (Lipinski definition) is 6. The van der Waals surface area contributed by atoms with Crippen molar-refractivity contribution in [3.63, 3.8) is 0 Å². The highest BCUT2D eigenvalue weighted by Gasteiger charge is 2.54. The quantitative estimate of drug-likeness (QED) is 0.191. The molecule has 0 spiro atoms. The number of ether oxygens (including phenoxy) is 3. The van der Waals surface area contributed by atoms with Gasteiger partial charge in [-0.25, -0.2) is 13.7 Å². The van der Waals surface area contributed by atoms with Crippen LogP contribution in [0, 0.1) is 0 Å². The Balaban J connectivity index is 3.33. The van der Waals surface area contributed by atoms with Gasteiger partial charge in [-0.3, -0.25) is 13.6 Å². The van der Waals surface area contributed by atoms with Gasteiger partial charge in [0.05, 0.1) is 7.98 Å². The molecule has 174 valence electrons. The first kappa shape index (κ1) is 25.5. The van der Waals surface area contributed by atoms with Gasteiger partial charge in [0, 0.05) is 13.7 Å². The van der Waals surface area contributed by atoms with Crippen LogP contribution in [0.15, 0.2) is 0 Å². The molecule has 6 atom stereocenters. The molecule has 0 amide bonds. The minimum Gasteiger partial charge on any atom is -0.379 e. The van der Waals surface area contributed by atoms with Gasteiger partial charge in [0.2, 0.25) is 0 Å². The zero-order chi connectivity index (χ0) is 23.3. The Labute approximate surface area is 167 Å². The van der Waals surface area contributed by atoms with Crippen LogP contribution in [-0.4, -0.2) is 80.4 Å². The maximum atomic E-state index is 11.4. The summed E-state index contributed by atoms with van der Waals surface area (Å²) < 4.78 is 70.6. The SMILES string of the molecule is [2H]C(CCC)OC[C@H]1OC(OC)[C@@H](OP(=O)(O)O)[C@@H](OP(=O)(O)O)[C@@H]1OP(=O)(O)O. The van der Waals surface area contributed by atoms with Crippen molar-refractivity contribution in [3.05, 3.63) is 0 Å². The Morgan fingerprint density at radius 3 is 1.83 bits per heavy atom. The van der Waals surface area contributed by atoms with Crippen LogP contribution in [0.3, 0.4) is 0 Å². The van der Waals surface area contributed by atoms with Crippen molar-refractivity contribution in [2.24, 2.45) is 0 Å². The van der Waals surface area contributed by atoms with Crippen molar-refractivity contribution < 1.29 is 72.2 Å². The molecule has 2 unspecified atom stereocenters.